The first kappa shape index (κ1) is 14.8. The summed E-state index contributed by atoms with van der Waals surface area (Å²) in [7, 11) is 0. The van der Waals surface area contributed by atoms with Crippen molar-refractivity contribution in [2.24, 2.45) is 0 Å². The van der Waals surface area contributed by atoms with Crippen LogP contribution in [0.1, 0.15) is 43.9 Å². The van der Waals surface area contributed by atoms with Crippen LogP contribution in [0.2, 0.25) is 0 Å². The van der Waals surface area contributed by atoms with Crippen molar-refractivity contribution in [1.29, 1.82) is 5.26 Å². The molecule has 108 valence electrons. The fourth-order valence-electron chi connectivity index (χ4n) is 2.50. The van der Waals surface area contributed by atoms with Gasteiger partial charge in [0.2, 0.25) is 0 Å². The van der Waals surface area contributed by atoms with E-state index < -0.39 is 0 Å². The quantitative estimate of drug-likeness (QED) is 0.774. The molecule has 20 heavy (non-hydrogen) atoms. The van der Waals surface area contributed by atoms with Crippen LogP contribution in [-0.2, 0) is 4.74 Å². The molecule has 1 saturated heterocycles. The molecule has 1 aliphatic rings. The molecule has 0 aliphatic carbocycles. The highest BCUT2D eigenvalue weighted by Gasteiger charge is 2.22. The third-order valence-corrected chi connectivity index (χ3v) is 3.73. The largest absolute Gasteiger partial charge is 0.378 e. The maximum atomic E-state index is 9.19. The molecule has 0 N–H and O–H groups in total. The van der Waals surface area contributed by atoms with Crippen molar-refractivity contribution in [2.75, 3.05) is 24.6 Å². The Kier molecular flexibility index (Phi) is 5.37. The average Bonchev–Trinajstić information content (AvgIpc) is 2.48. The summed E-state index contributed by atoms with van der Waals surface area (Å²) in [4.78, 5) is 6.74. The Hall–Kier alpha value is -1.60. The van der Waals surface area contributed by atoms with Crippen molar-refractivity contribution in [1.82, 2.24) is 4.98 Å². The number of unbranched alkanes of at least 4 members (excludes halogenated alkanes) is 1. The number of rotatable bonds is 5. The van der Waals surface area contributed by atoms with E-state index in [9.17, 15) is 5.26 Å². The van der Waals surface area contributed by atoms with Crippen LogP contribution in [0.25, 0.3) is 0 Å². The van der Waals surface area contributed by atoms with Crippen LogP contribution in [-0.4, -0.2) is 30.8 Å². The minimum Gasteiger partial charge on any atom is -0.378 e. The highest BCUT2D eigenvalue weighted by atomic mass is 16.5. The predicted octanol–water partition coefficient (Wildman–Crippen LogP) is 3.05. The predicted molar refractivity (Wildman–Crippen MR) is 79.8 cm³/mol. The Balaban J connectivity index is 1.94. The molecule has 1 aromatic rings. The molecule has 0 saturated carbocycles. The van der Waals surface area contributed by atoms with Crippen molar-refractivity contribution in [2.45, 2.75) is 45.6 Å². The molecular formula is C16H23N3O. The zero-order chi connectivity index (χ0) is 14.4. The molecule has 1 aliphatic heterocycles. The number of anilines is 1. The van der Waals surface area contributed by atoms with Gasteiger partial charge in [0.05, 0.1) is 11.7 Å². The monoisotopic (exact) mass is 273 g/mol. The Morgan fingerprint density at radius 2 is 2.15 bits per heavy atom. The maximum Gasteiger partial charge on any atom is 0.146 e. The summed E-state index contributed by atoms with van der Waals surface area (Å²) in [5, 5.41) is 9.19. The fourth-order valence-corrected chi connectivity index (χ4v) is 2.50. The van der Waals surface area contributed by atoms with Crippen molar-refractivity contribution in [3.63, 3.8) is 0 Å². The van der Waals surface area contributed by atoms with E-state index in [0.29, 0.717) is 11.7 Å². The smallest absolute Gasteiger partial charge is 0.146 e. The molecule has 2 heterocycles. The van der Waals surface area contributed by atoms with Crippen molar-refractivity contribution in [3.8, 4) is 6.07 Å². The summed E-state index contributed by atoms with van der Waals surface area (Å²) >= 11 is 0. The summed E-state index contributed by atoms with van der Waals surface area (Å²) in [5.41, 5.74) is 1.63. The van der Waals surface area contributed by atoms with Crippen molar-refractivity contribution < 1.29 is 4.74 Å². The number of aryl methyl sites for hydroxylation is 1. The first-order valence-corrected chi connectivity index (χ1v) is 7.49. The zero-order valence-corrected chi connectivity index (χ0v) is 12.4. The van der Waals surface area contributed by atoms with Gasteiger partial charge < -0.3 is 9.64 Å². The summed E-state index contributed by atoms with van der Waals surface area (Å²) in [5.74, 6) is 0.833. The molecule has 0 atom stereocenters. The first-order valence-electron chi connectivity index (χ1n) is 7.49. The number of piperidine rings is 1. The topological polar surface area (TPSA) is 49.1 Å². The highest BCUT2D eigenvalue weighted by Crippen LogP contribution is 2.23. The molecule has 1 aromatic heterocycles. The molecule has 0 spiro atoms. The summed E-state index contributed by atoms with van der Waals surface area (Å²) in [6.07, 6.45) is 4.72. The SMILES string of the molecule is CCCCOC1CCN(c2nc(C)ccc2C#N)CC1. The lowest BCUT2D eigenvalue weighted by molar-refractivity contribution is 0.0354. The van der Waals surface area contributed by atoms with E-state index in [1.807, 2.05) is 19.1 Å². The van der Waals surface area contributed by atoms with Gasteiger partial charge in [0.15, 0.2) is 0 Å². The van der Waals surface area contributed by atoms with Crippen LogP contribution in [0, 0.1) is 18.3 Å². The van der Waals surface area contributed by atoms with Crippen LogP contribution >= 0.6 is 0 Å². The minimum absolute atomic E-state index is 0.369. The third kappa shape index (κ3) is 3.71. The lowest BCUT2D eigenvalue weighted by Gasteiger charge is -2.33. The second-order valence-electron chi connectivity index (χ2n) is 5.35. The van der Waals surface area contributed by atoms with Crippen LogP contribution in [0.15, 0.2) is 12.1 Å². The van der Waals surface area contributed by atoms with E-state index in [4.69, 9.17) is 4.74 Å². The van der Waals surface area contributed by atoms with E-state index in [1.165, 1.54) is 6.42 Å². The van der Waals surface area contributed by atoms with E-state index >= 15 is 0 Å². The molecule has 2 rings (SSSR count). The standard InChI is InChI=1S/C16H23N3O/c1-3-4-11-20-15-7-9-19(10-8-15)16-14(12-17)6-5-13(2)18-16/h5-6,15H,3-4,7-11H2,1-2H3. The van der Waals surface area contributed by atoms with Gasteiger partial charge in [0.25, 0.3) is 0 Å². The van der Waals surface area contributed by atoms with Crippen LogP contribution in [0.3, 0.4) is 0 Å². The zero-order valence-electron chi connectivity index (χ0n) is 12.4. The number of nitriles is 1. The van der Waals surface area contributed by atoms with Gasteiger partial charge >= 0.3 is 0 Å². The van der Waals surface area contributed by atoms with E-state index in [0.717, 1.165) is 50.5 Å². The second kappa shape index (κ2) is 7.25. The molecule has 4 nitrogen and oxygen atoms in total. The normalized spacial score (nSPS) is 16.1. The van der Waals surface area contributed by atoms with E-state index in [1.54, 1.807) is 0 Å². The number of nitrogens with zero attached hydrogens (tertiary/aromatic N) is 3. The lowest BCUT2D eigenvalue weighted by atomic mass is 10.1. The van der Waals surface area contributed by atoms with Crippen molar-refractivity contribution >= 4 is 5.82 Å². The molecule has 4 heteroatoms. The number of hydrogen-bond acceptors (Lipinski definition) is 4. The van der Waals surface area contributed by atoms with Gasteiger partial charge in [-0.05, 0) is 38.3 Å². The van der Waals surface area contributed by atoms with E-state index in [2.05, 4.69) is 22.9 Å². The van der Waals surface area contributed by atoms with Crippen LogP contribution in [0.4, 0.5) is 5.82 Å². The fraction of sp³-hybridized carbons (Fsp3) is 0.625. The number of hydrogen-bond donors (Lipinski definition) is 0. The maximum absolute atomic E-state index is 9.19. The van der Waals surface area contributed by atoms with Crippen LogP contribution in [0.5, 0.6) is 0 Å². The Labute approximate surface area is 121 Å². The molecule has 0 aromatic carbocycles. The van der Waals surface area contributed by atoms with Gasteiger partial charge in [-0.2, -0.15) is 5.26 Å². The summed E-state index contributed by atoms with van der Waals surface area (Å²) in [6.45, 7) is 6.85. The minimum atomic E-state index is 0.369. The Morgan fingerprint density at radius 3 is 2.80 bits per heavy atom. The summed E-state index contributed by atoms with van der Waals surface area (Å²) in [6, 6.07) is 5.99. The highest BCUT2D eigenvalue weighted by molar-refractivity contribution is 5.54. The molecule has 0 unspecified atom stereocenters. The molecule has 0 bridgehead atoms. The number of aromatic nitrogens is 1. The van der Waals surface area contributed by atoms with Crippen molar-refractivity contribution in [3.05, 3.63) is 23.4 Å². The first-order chi connectivity index (χ1) is 9.74. The van der Waals surface area contributed by atoms with E-state index in [-0.39, 0.29) is 0 Å². The Bertz CT molecular complexity index is 473. The third-order valence-electron chi connectivity index (χ3n) is 3.73. The van der Waals surface area contributed by atoms with Gasteiger partial charge in [-0.15, -0.1) is 0 Å². The summed E-state index contributed by atoms with van der Waals surface area (Å²) < 4.78 is 5.88. The lowest BCUT2D eigenvalue weighted by Crippen LogP contribution is -2.38. The van der Waals surface area contributed by atoms with Crippen LogP contribution < -0.4 is 4.90 Å². The second-order valence-corrected chi connectivity index (χ2v) is 5.35. The molecule has 0 amide bonds. The van der Waals surface area contributed by atoms with Gasteiger partial charge in [0.1, 0.15) is 11.9 Å². The molecule has 1 fully saturated rings. The number of ether oxygens (including phenoxy) is 1. The average molecular weight is 273 g/mol. The Morgan fingerprint density at radius 1 is 1.40 bits per heavy atom. The molecular weight excluding hydrogens is 250 g/mol. The van der Waals surface area contributed by atoms with Gasteiger partial charge in [0, 0.05) is 25.4 Å². The molecule has 0 radical (unpaired) electrons. The van der Waals surface area contributed by atoms with Gasteiger partial charge in [-0.1, -0.05) is 13.3 Å². The number of pyridine rings is 1. The van der Waals surface area contributed by atoms with Gasteiger partial charge in [-0.25, -0.2) is 4.98 Å². The van der Waals surface area contributed by atoms with Gasteiger partial charge in [-0.3, -0.25) is 0 Å².